The van der Waals surface area contributed by atoms with Crippen molar-refractivity contribution in [3.8, 4) is 0 Å². The maximum atomic E-state index is 5.67. The van der Waals surface area contributed by atoms with E-state index in [2.05, 4.69) is 13.0 Å². The monoisotopic (exact) mass is 169 g/mol. The molecule has 2 N–H and O–H groups in total. The fourth-order valence-corrected chi connectivity index (χ4v) is 1.84. The molecule has 0 heterocycles. The van der Waals surface area contributed by atoms with E-state index in [0.29, 0.717) is 11.8 Å². The Hall–Kier alpha value is -0.340. The van der Waals surface area contributed by atoms with Gasteiger partial charge in [-0.1, -0.05) is 13.0 Å². The van der Waals surface area contributed by atoms with E-state index in [-0.39, 0.29) is 0 Å². The van der Waals surface area contributed by atoms with Crippen molar-refractivity contribution in [2.45, 2.75) is 19.8 Å². The van der Waals surface area contributed by atoms with Crippen LogP contribution in [-0.4, -0.2) is 20.3 Å². The van der Waals surface area contributed by atoms with Gasteiger partial charge in [-0.05, 0) is 36.8 Å². The minimum Gasteiger partial charge on any atom is -0.380 e. The minimum atomic E-state index is 0.571. The molecule has 0 aromatic rings. The summed E-state index contributed by atoms with van der Waals surface area (Å²) in [7, 11) is 1.74. The van der Waals surface area contributed by atoms with Gasteiger partial charge < -0.3 is 10.5 Å². The molecule has 0 aromatic carbocycles. The van der Waals surface area contributed by atoms with Crippen LogP contribution in [0.5, 0.6) is 0 Å². The lowest BCUT2D eigenvalue weighted by atomic mass is 9.83. The van der Waals surface area contributed by atoms with Crippen LogP contribution in [0.1, 0.15) is 19.8 Å². The van der Waals surface area contributed by atoms with Gasteiger partial charge >= 0.3 is 0 Å². The van der Waals surface area contributed by atoms with E-state index in [9.17, 15) is 0 Å². The van der Waals surface area contributed by atoms with Crippen molar-refractivity contribution in [2.75, 3.05) is 20.3 Å². The van der Waals surface area contributed by atoms with Gasteiger partial charge in [-0.2, -0.15) is 0 Å². The molecule has 0 fully saturated rings. The zero-order valence-electron chi connectivity index (χ0n) is 8.05. The first kappa shape index (κ1) is 9.75. The van der Waals surface area contributed by atoms with Gasteiger partial charge in [0.2, 0.25) is 0 Å². The number of hydrogen-bond donors (Lipinski definition) is 1. The van der Waals surface area contributed by atoms with E-state index < -0.39 is 0 Å². The number of rotatable bonds is 3. The molecule has 70 valence electrons. The third kappa shape index (κ3) is 2.32. The smallest absolute Gasteiger partial charge is 0.0676 e. The molecule has 0 radical (unpaired) electrons. The molecule has 2 heteroatoms. The number of methoxy groups -OCH3 is 1. The van der Waals surface area contributed by atoms with Crippen LogP contribution in [0.3, 0.4) is 0 Å². The Balaban J connectivity index is 2.59. The lowest BCUT2D eigenvalue weighted by Crippen LogP contribution is -2.23. The van der Waals surface area contributed by atoms with E-state index >= 15 is 0 Å². The molecule has 0 aromatic heterocycles. The van der Waals surface area contributed by atoms with Gasteiger partial charge in [0.05, 0.1) is 6.61 Å². The van der Waals surface area contributed by atoms with Gasteiger partial charge in [-0.25, -0.2) is 0 Å². The summed E-state index contributed by atoms with van der Waals surface area (Å²) in [6.07, 6.45) is 4.83. The first-order valence-electron chi connectivity index (χ1n) is 4.67. The van der Waals surface area contributed by atoms with Crippen LogP contribution in [0, 0.1) is 11.8 Å². The van der Waals surface area contributed by atoms with E-state index in [0.717, 1.165) is 13.2 Å². The van der Waals surface area contributed by atoms with Crippen LogP contribution in [0.4, 0.5) is 0 Å². The largest absolute Gasteiger partial charge is 0.380 e. The van der Waals surface area contributed by atoms with Crippen molar-refractivity contribution in [3.63, 3.8) is 0 Å². The van der Waals surface area contributed by atoms with Crippen LogP contribution in [0.15, 0.2) is 11.6 Å². The summed E-state index contributed by atoms with van der Waals surface area (Å²) in [6, 6.07) is 0. The molecule has 2 nitrogen and oxygen atoms in total. The summed E-state index contributed by atoms with van der Waals surface area (Å²) in [5.74, 6) is 1.28. The van der Waals surface area contributed by atoms with E-state index in [1.165, 1.54) is 18.4 Å². The highest BCUT2D eigenvalue weighted by Gasteiger charge is 2.18. The van der Waals surface area contributed by atoms with Crippen molar-refractivity contribution in [2.24, 2.45) is 17.6 Å². The van der Waals surface area contributed by atoms with Gasteiger partial charge in [0, 0.05) is 7.11 Å². The number of hydrogen-bond acceptors (Lipinski definition) is 2. The van der Waals surface area contributed by atoms with Crippen LogP contribution in [0.25, 0.3) is 0 Å². The molecule has 1 aliphatic carbocycles. The van der Waals surface area contributed by atoms with Gasteiger partial charge in [-0.3, -0.25) is 0 Å². The Morgan fingerprint density at radius 1 is 1.58 bits per heavy atom. The summed E-state index contributed by atoms with van der Waals surface area (Å²) in [5.41, 5.74) is 7.07. The molecule has 0 amide bonds. The SMILES string of the molecule is COCC1=C[C@@H](C)CC[C@@H]1CN. The molecule has 0 aliphatic heterocycles. The fraction of sp³-hybridized carbons (Fsp3) is 0.800. The summed E-state index contributed by atoms with van der Waals surface area (Å²) < 4.78 is 5.14. The standard InChI is InChI=1S/C10H19NO/c1-8-3-4-9(6-11)10(5-8)7-12-2/h5,8-9H,3-4,6-7,11H2,1-2H3/t8-,9+/m0/s1. The summed E-state index contributed by atoms with van der Waals surface area (Å²) in [6.45, 7) is 3.77. The summed E-state index contributed by atoms with van der Waals surface area (Å²) in [4.78, 5) is 0. The molecule has 1 aliphatic rings. The Kier molecular flexibility index (Phi) is 3.76. The van der Waals surface area contributed by atoms with E-state index in [1.807, 2.05) is 0 Å². The minimum absolute atomic E-state index is 0.571. The molecule has 2 atom stereocenters. The molecular formula is C10H19NO. The third-order valence-corrected chi connectivity index (χ3v) is 2.59. The molecule has 1 rings (SSSR count). The number of allylic oxidation sites excluding steroid dienone is 1. The molecule has 0 saturated heterocycles. The number of nitrogens with two attached hydrogens (primary N) is 1. The van der Waals surface area contributed by atoms with Crippen LogP contribution in [0.2, 0.25) is 0 Å². The Labute approximate surface area is 74.8 Å². The third-order valence-electron chi connectivity index (χ3n) is 2.59. The average molecular weight is 169 g/mol. The predicted molar refractivity (Wildman–Crippen MR) is 50.9 cm³/mol. The Morgan fingerprint density at radius 2 is 2.33 bits per heavy atom. The Bertz CT molecular complexity index is 165. The van der Waals surface area contributed by atoms with Crippen molar-refractivity contribution in [1.29, 1.82) is 0 Å². The molecule has 0 saturated carbocycles. The van der Waals surface area contributed by atoms with Crippen molar-refractivity contribution in [3.05, 3.63) is 11.6 Å². The Morgan fingerprint density at radius 3 is 2.92 bits per heavy atom. The first-order chi connectivity index (χ1) is 5.77. The van der Waals surface area contributed by atoms with Crippen LogP contribution in [-0.2, 0) is 4.74 Å². The zero-order chi connectivity index (χ0) is 8.97. The highest BCUT2D eigenvalue weighted by Crippen LogP contribution is 2.27. The molecule has 12 heavy (non-hydrogen) atoms. The summed E-state index contributed by atoms with van der Waals surface area (Å²) in [5, 5.41) is 0. The van der Waals surface area contributed by atoms with Gasteiger partial charge in [0.15, 0.2) is 0 Å². The van der Waals surface area contributed by atoms with Crippen LogP contribution < -0.4 is 5.73 Å². The first-order valence-corrected chi connectivity index (χ1v) is 4.67. The van der Waals surface area contributed by atoms with Gasteiger partial charge in [0.1, 0.15) is 0 Å². The highest BCUT2D eigenvalue weighted by molar-refractivity contribution is 5.12. The zero-order valence-corrected chi connectivity index (χ0v) is 8.05. The lowest BCUT2D eigenvalue weighted by Gasteiger charge is -2.25. The molecule has 0 bridgehead atoms. The maximum absolute atomic E-state index is 5.67. The molecule has 0 spiro atoms. The predicted octanol–water partition coefficient (Wildman–Crippen LogP) is 1.56. The normalized spacial score (nSPS) is 30.1. The van der Waals surface area contributed by atoms with Crippen LogP contribution >= 0.6 is 0 Å². The average Bonchev–Trinajstić information content (AvgIpc) is 2.05. The van der Waals surface area contributed by atoms with E-state index in [4.69, 9.17) is 10.5 Å². The lowest BCUT2D eigenvalue weighted by molar-refractivity contribution is 0.210. The second-order valence-corrected chi connectivity index (χ2v) is 3.66. The summed E-state index contributed by atoms with van der Waals surface area (Å²) >= 11 is 0. The highest BCUT2D eigenvalue weighted by atomic mass is 16.5. The van der Waals surface area contributed by atoms with Crippen molar-refractivity contribution in [1.82, 2.24) is 0 Å². The molecular weight excluding hydrogens is 150 g/mol. The second kappa shape index (κ2) is 4.63. The van der Waals surface area contributed by atoms with Crippen molar-refractivity contribution < 1.29 is 4.74 Å². The number of ether oxygens (including phenoxy) is 1. The van der Waals surface area contributed by atoms with Crippen molar-refractivity contribution >= 4 is 0 Å². The second-order valence-electron chi connectivity index (χ2n) is 3.66. The van der Waals surface area contributed by atoms with Gasteiger partial charge in [-0.15, -0.1) is 0 Å². The maximum Gasteiger partial charge on any atom is 0.0676 e. The van der Waals surface area contributed by atoms with E-state index in [1.54, 1.807) is 7.11 Å². The fourth-order valence-electron chi connectivity index (χ4n) is 1.84. The quantitative estimate of drug-likeness (QED) is 0.651. The topological polar surface area (TPSA) is 35.2 Å². The molecule has 0 unspecified atom stereocenters. The van der Waals surface area contributed by atoms with Gasteiger partial charge in [0.25, 0.3) is 0 Å².